The number of aromatic hydroxyl groups is 1. The maximum Gasteiger partial charge on any atom is 0.325 e. The monoisotopic (exact) mass is 466 g/mol. The molecule has 0 heterocycles. The zero-order chi connectivity index (χ0) is 25.3. The van der Waals surface area contributed by atoms with Gasteiger partial charge in [-0.25, -0.2) is 0 Å². The molecule has 8 N–H and O–H groups in total. The molecule has 0 aliphatic heterocycles. The van der Waals surface area contributed by atoms with E-state index in [2.05, 4.69) is 16.0 Å². The second-order valence-corrected chi connectivity index (χ2v) is 7.93. The van der Waals surface area contributed by atoms with Gasteiger partial charge in [0.1, 0.15) is 23.9 Å². The molecule has 0 aliphatic carbocycles. The van der Waals surface area contributed by atoms with Crippen LogP contribution < -0.4 is 21.7 Å². The van der Waals surface area contributed by atoms with Crippen molar-refractivity contribution in [2.75, 3.05) is 0 Å². The molecule has 0 aliphatic rings. The van der Waals surface area contributed by atoms with Crippen molar-refractivity contribution >= 4 is 29.7 Å². The summed E-state index contributed by atoms with van der Waals surface area (Å²) in [4.78, 5) is 59.7. The molecule has 0 saturated heterocycles. The van der Waals surface area contributed by atoms with E-state index in [-0.39, 0.29) is 12.2 Å². The molecule has 1 aromatic carbocycles. The molecule has 1 rings (SSSR count). The van der Waals surface area contributed by atoms with E-state index in [4.69, 9.17) is 15.9 Å². The fraction of sp³-hybridized carbons (Fsp3) is 0.476. The first-order valence-electron chi connectivity index (χ1n) is 10.2. The van der Waals surface area contributed by atoms with Crippen LogP contribution >= 0.6 is 0 Å². The van der Waals surface area contributed by atoms with Gasteiger partial charge in [0.2, 0.25) is 17.7 Å². The number of amides is 3. The van der Waals surface area contributed by atoms with E-state index in [0.29, 0.717) is 5.56 Å². The summed E-state index contributed by atoms with van der Waals surface area (Å²) < 4.78 is 0. The van der Waals surface area contributed by atoms with Gasteiger partial charge in [0.25, 0.3) is 0 Å². The van der Waals surface area contributed by atoms with Gasteiger partial charge in [-0.1, -0.05) is 26.0 Å². The van der Waals surface area contributed by atoms with E-state index in [1.165, 1.54) is 31.2 Å². The lowest BCUT2D eigenvalue weighted by molar-refractivity contribution is -0.142. The van der Waals surface area contributed by atoms with Crippen LogP contribution in [0.15, 0.2) is 24.3 Å². The van der Waals surface area contributed by atoms with Gasteiger partial charge in [0.15, 0.2) is 0 Å². The predicted octanol–water partition coefficient (Wildman–Crippen LogP) is -1.05. The van der Waals surface area contributed by atoms with Crippen molar-refractivity contribution in [3.05, 3.63) is 29.8 Å². The van der Waals surface area contributed by atoms with Gasteiger partial charge in [0.05, 0.1) is 12.5 Å². The summed E-state index contributed by atoms with van der Waals surface area (Å²) >= 11 is 0. The lowest BCUT2D eigenvalue weighted by Gasteiger charge is -2.26. The highest BCUT2D eigenvalue weighted by Gasteiger charge is 2.31. The SMILES string of the molecule is CC(NC(=O)C(NC(=O)C(Cc1ccc(O)cc1)NC(=O)C(N)CC(=O)O)C(C)C)C(=O)O. The Bertz CT molecular complexity index is 872. The molecule has 4 atom stereocenters. The molecule has 0 fully saturated rings. The largest absolute Gasteiger partial charge is 0.508 e. The molecule has 0 bridgehead atoms. The molecule has 3 amide bonds. The topological polar surface area (TPSA) is 208 Å². The van der Waals surface area contributed by atoms with E-state index < -0.39 is 66.2 Å². The van der Waals surface area contributed by atoms with Crippen LogP contribution in [0, 0.1) is 5.92 Å². The smallest absolute Gasteiger partial charge is 0.325 e. The van der Waals surface area contributed by atoms with Crippen LogP contribution in [0.1, 0.15) is 32.8 Å². The highest BCUT2D eigenvalue weighted by Crippen LogP contribution is 2.12. The van der Waals surface area contributed by atoms with Crippen LogP contribution in [0.4, 0.5) is 0 Å². The zero-order valence-electron chi connectivity index (χ0n) is 18.6. The maximum atomic E-state index is 13.0. The van der Waals surface area contributed by atoms with Crippen LogP contribution in [0.5, 0.6) is 5.75 Å². The summed E-state index contributed by atoms with van der Waals surface area (Å²) in [6, 6.07) is 0.912. The number of carbonyl (C=O) groups excluding carboxylic acids is 3. The minimum absolute atomic E-state index is 0.00337. The lowest BCUT2D eigenvalue weighted by Crippen LogP contribution is -2.58. The van der Waals surface area contributed by atoms with E-state index in [9.17, 15) is 29.1 Å². The molecule has 12 heteroatoms. The molecule has 0 radical (unpaired) electrons. The molecule has 12 nitrogen and oxygen atoms in total. The Kier molecular flexibility index (Phi) is 10.3. The van der Waals surface area contributed by atoms with Crippen molar-refractivity contribution in [3.63, 3.8) is 0 Å². The summed E-state index contributed by atoms with van der Waals surface area (Å²) in [6.07, 6.45) is -0.695. The minimum Gasteiger partial charge on any atom is -0.508 e. The zero-order valence-corrected chi connectivity index (χ0v) is 18.6. The minimum atomic E-state index is -1.40. The molecular weight excluding hydrogens is 436 g/mol. The number of aliphatic carboxylic acids is 2. The molecular formula is C21H30N4O8. The molecule has 4 unspecified atom stereocenters. The fourth-order valence-electron chi connectivity index (χ4n) is 2.79. The van der Waals surface area contributed by atoms with E-state index in [1.807, 2.05) is 0 Å². The highest BCUT2D eigenvalue weighted by molar-refractivity contribution is 5.94. The number of carboxylic acid groups (broad SMARTS) is 2. The third-order valence-corrected chi connectivity index (χ3v) is 4.72. The van der Waals surface area contributed by atoms with Gasteiger partial charge < -0.3 is 37.0 Å². The number of benzene rings is 1. The Morgan fingerprint density at radius 1 is 0.879 bits per heavy atom. The van der Waals surface area contributed by atoms with Gasteiger partial charge >= 0.3 is 11.9 Å². The average molecular weight is 466 g/mol. The number of nitrogens with one attached hydrogen (secondary N) is 3. The average Bonchev–Trinajstić information content (AvgIpc) is 2.71. The molecule has 33 heavy (non-hydrogen) atoms. The Labute approximate surface area is 190 Å². The number of hydrogen-bond donors (Lipinski definition) is 7. The Morgan fingerprint density at radius 2 is 1.45 bits per heavy atom. The van der Waals surface area contributed by atoms with Gasteiger partial charge in [0, 0.05) is 6.42 Å². The lowest BCUT2D eigenvalue weighted by atomic mass is 10.00. The molecule has 0 spiro atoms. The Hall–Kier alpha value is -3.67. The van der Waals surface area contributed by atoms with Crippen molar-refractivity contribution in [3.8, 4) is 5.75 Å². The van der Waals surface area contributed by atoms with Crippen LogP contribution in [0.25, 0.3) is 0 Å². The van der Waals surface area contributed by atoms with E-state index in [1.54, 1.807) is 13.8 Å². The predicted molar refractivity (Wildman–Crippen MR) is 116 cm³/mol. The molecule has 0 saturated carbocycles. The van der Waals surface area contributed by atoms with Crippen molar-refractivity contribution in [1.29, 1.82) is 0 Å². The second kappa shape index (κ2) is 12.4. The summed E-state index contributed by atoms with van der Waals surface area (Å²) in [5.74, 6) is -5.31. The number of phenolic OH excluding ortho intramolecular Hbond substituents is 1. The normalized spacial score (nSPS) is 14.5. The van der Waals surface area contributed by atoms with Crippen molar-refractivity contribution in [2.24, 2.45) is 11.7 Å². The van der Waals surface area contributed by atoms with Crippen molar-refractivity contribution in [1.82, 2.24) is 16.0 Å². The third-order valence-electron chi connectivity index (χ3n) is 4.72. The van der Waals surface area contributed by atoms with Crippen molar-refractivity contribution in [2.45, 2.75) is 57.8 Å². The number of rotatable bonds is 12. The van der Waals surface area contributed by atoms with Gasteiger partial charge in [-0.05, 0) is 30.5 Å². The van der Waals surface area contributed by atoms with Crippen LogP contribution in [-0.2, 0) is 30.4 Å². The first-order chi connectivity index (χ1) is 15.3. The van der Waals surface area contributed by atoms with Crippen LogP contribution in [0.3, 0.4) is 0 Å². The first kappa shape index (κ1) is 27.4. The summed E-state index contributed by atoms with van der Waals surface area (Å²) in [6.45, 7) is 4.57. The van der Waals surface area contributed by atoms with Gasteiger partial charge in [-0.15, -0.1) is 0 Å². The quantitative estimate of drug-likeness (QED) is 0.200. The van der Waals surface area contributed by atoms with Gasteiger partial charge in [-0.3, -0.25) is 24.0 Å². The Morgan fingerprint density at radius 3 is 1.94 bits per heavy atom. The number of carbonyl (C=O) groups is 5. The summed E-state index contributed by atoms with van der Waals surface area (Å²) in [5.41, 5.74) is 6.14. The van der Waals surface area contributed by atoms with E-state index >= 15 is 0 Å². The van der Waals surface area contributed by atoms with Crippen LogP contribution in [-0.4, -0.2) is 69.1 Å². The Balaban J connectivity index is 3.07. The number of carboxylic acids is 2. The standard InChI is InChI=1S/C21H30N4O8/c1-10(2)17(20(31)23-11(3)21(32)33)25-19(30)15(8-12-4-6-13(26)7-5-12)24-18(29)14(22)9-16(27)28/h4-7,10-11,14-15,17,26H,8-9,22H2,1-3H3,(H,23,31)(H,24,29)(H,25,30)(H,27,28)(H,32,33). The van der Waals surface area contributed by atoms with Crippen LogP contribution in [0.2, 0.25) is 0 Å². The highest BCUT2D eigenvalue weighted by atomic mass is 16.4. The summed E-state index contributed by atoms with van der Waals surface area (Å²) in [7, 11) is 0. The molecule has 1 aromatic rings. The number of hydrogen-bond acceptors (Lipinski definition) is 7. The first-order valence-corrected chi connectivity index (χ1v) is 10.2. The summed E-state index contributed by atoms with van der Waals surface area (Å²) in [5, 5.41) is 34.5. The van der Waals surface area contributed by atoms with E-state index in [0.717, 1.165) is 0 Å². The maximum absolute atomic E-state index is 13.0. The number of nitrogens with two attached hydrogens (primary N) is 1. The third kappa shape index (κ3) is 9.15. The van der Waals surface area contributed by atoms with Gasteiger partial charge in [-0.2, -0.15) is 0 Å². The molecule has 0 aromatic heterocycles. The van der Waals surface area contributed by atoms with Crippen molar-refractivity contribution < 1.29 is 39.3 Å². The number of phenols is 1. The molecule has 182 valence electrons. The second-order valence-electron chi connectivity index (χ2n) is 7.93. The fourth-order valence-corrected chi connectivity index (χ4v) is 2.79.